The molecule has 3 aromatic rings. The maximum atomic E-state index is 12.7. The second-order valence-electron chi connectivity index (χ2n) is 7.22. The maximum Gasteiger partial charge on any atom is 0.267 e. The van der Waals surface area contributed by atoms with Crippen molar-refractivity contribution in [1.29, 1.82) is 0 Å². The van der Waals surface area contributed by atoms with E-state index in [1.165, 1.54) is 22.1 Å². The molecule has 0 radical (unpaired) electrons. The largest absolute Gasteiger partial charge is 0.349 e. The SMILES string of the molecule is Cc1nc(-c2ccccc2Cl)sc1CNC(=O)C(C)n1nc(C2CC2)ccc1=O. The predicted octanol–water partition coefficient (Wildman–Crippen LogP) is 4.08. The number of aromatic nitrogens is 3. The molecule has 1 atom stereocenters. The molecule has 1 aliphatic carbocycles. The molecule has 2 aromatic heterocycles. The van der Waals surface area contributed by atoms with Crippen LogP contribution in [0.1, 0.15) is 48.0 Å². The minimum atomic E-state index is -0.683. The second-order valence-corrected chi connectivity index (χ2v) is 8.71. The van der Waals surface area contributed by atoms with Gasteiger partial charge in [0, 0.05) is 22.4 Å². The van der Waals surface area contributed by atoms with Crippen molar-refractivity contribution < 1.29 is 4.79 Å². The van der Waals surface area contributed by atoms with Gasteiger partial charge in [0.1, 0.15) is 11.0 Å². The smallest absolute Gasteiger partial charge is 0.267 e. The van der Waals surface area contributed by atoms with Crippen molar-refractivity contribution in [2.45, 2.75) is 45.2 Å². The molecule has 6 nitrogen and oxygen atoms in total. The molecule has 1 fully saturated rings. The van der Waals surface area contributed by atoms with Crippen LogP contribution >= 0.6 is 22.9 Å². The van der Waals surface area contributed by atoms with Crippen molar-refractivity contribution in [3.63, 3.8) is 0 Å². The molecule has 1 aliphatic rings. The Hall–Kier alpha value is -2.51. The van der Waals surface area contributed by atoms with Crippen molar-refractivity contribution in [1.82, 2.24) is 20.1 Å². The van der Waals surface area contributed by atoms with Crippen molar-refractivity contribution in [3.05, 3.63) is 68.0 Å². The van der Waals surface area contributed by atoms with Crippen molar-refractivity contribution in [3.8, 4) is 10.6 Å². The molecule has 2 heterocycles. The van der Waals surface area contributed by atoms with Gasteiger partial charge in [-0.1, -0.05) is 29.8 Å². The van der Waals surface area contributed by atoms with Gasteiger partial charge in [-0.15, -0.1) is 11.3 Å². The van der Waals surface area contributed by atoms with Crippen LogP contribution < -0.4 is 10.9 Å². The molecule has 150 valence electrons. The van der Waals surface area contributed by atoms with Gasteiger partial charge in [0.25, 0.3) is 5.56 Å². The normalized spacial score (nSPS) is 14.6. The first-order valence-electron chi connectivity index (χ1n) is 9.52. The molecular formula is C21H21ClN4O2S. The molecule has 0 spiro atoms. The van der Waals surface area contributed by atoms with E-state index in [-0.39, 0.29) is 11.5 Å². The number of nitrogens with zero attached hydrogens (tertiary/aromatic N) is 3. The summed E-state index contributed by atoms with van der Waals surface area (Å²) in [6.45, 7) is 3.94. The number of halogens is 1. The fourth-order valence-electron chi connectivity index (χ4n) is 3.08. The Bertz CT molecular complexity index is 1120. The second kappa shape index (κ2) is 8.08. The number of rotatable bonds is 6. The molecular weight excluding hydrogens is 408 g/mol. The fraction of sp³-hybridized carbons (Fsp3) is 0.333. The maximum absolute atomic E-state index is 12.7. The van der Waals surface area contributed by atoms with Crippen LogP contribution in [0.2, 0.25) is 5.02 Å². The van der Waals surface area contributed by atoms with E-state index in [0.29, 0.717) is 17.5 Å². The number of nitrogens with one attached hydrogen (secondary N) is 1. The minimum absolute atomic E-state index is 0.250. The standard InChI is InChI=1S/C21H21ClN4O2S/c1-12-18(29-21(24-12)15-5-3-4-6-16(15)22)11-23-20(28)13(2)26-19(27)10-9-17(25-26)14-7-8-14/h3-6,9-10,13-14H,7-8,11H2,1-2H3,(H,23,28). The number of amides is 1. The number of hydrogen-bond donors (Lipinski definition) is 1. The molecule has 0 bridgehead atoms. The van der Waals surface area contributed by atoms with Gasteiger partial charge in [-0.05, 0) is 38.8 Å². The Labute approximate surface area is 177 Å². The Kier molecular flexibility index (Phi) is 5.52. The summed E-state index contributed by atoms with van der Waals surface area (Å²) in [4.78, 5) is 30.4. The van der Waals surface area contributed by atoms with Gasteiger partial charge >= 0.3 is 0 Å². The molecule has 8 heteroatoms. The van der Waals surface area contributed by atoms with Crippen molar-refractivity contribution in [2.24, 2.45) is 0 Å². The van der Waals surface area contributed by atoms with Gasteiger partial charge in [-0.3, -0.25) is 9.59 Å². The molecule has 29 heavy (non-hydrogen) atoms. The highest BCUT2D eigenvalue weighted by Gasteiger charge is 2.27. The first kappa shape index (κ1) is 19.8. The summed E-state index contributed by atoms with van der Waals surface area (Å²) in [6, 6.07) is 10.1. The van der Waals surface area contributed by atoms with Crippen LogP contribution in [0.5, 0.6) is 0 Å². The lowest BCUT2D eigenvalue weighted by molar-refractivity contribution is -0.124. The van der Waals surface area contributed by atoms with E-state index in [0.717, 1.165) is 39.7 Å². The van der Waals surface area contributed by atoms with Gasteiger partial charge < -0.3 is 5.32 Å². The number of carbonyl (C=O) groups is 1. The predicted molar refractivity (Wildman–Crippen MR) is 114 cm³/mol. The van der Waals surface area contributed by atoms with Gasteiger partial charge in [-0.2, -0.15) is 5.10 Å². The number of thiazole rings is 1. The average Bonchev–Trinajstić information content (AvgIpc) is 3.49. The third kappa shape index (κ3) is 4.26. The average molecular weight is 429 g/mol. The molecule has 1 saturated carbocycles. The number of benzene rings is 1. The highest BCUT2D eigenvalue weighted by atomic mass is 35.5. The summed E-state index contributed by atoms with van der Waals surface area (Å²) in [6.07, 6.45) is 2.18. The Balaban J connectivity index is 1.47. The minimum Gasteiger partial charge on any atom is -0.349 e. The Morgan fingerprint density at radius 2 is 2.07 bits per heavy atom. The van der Waals surface area contributed by atoms with E-state index in [1.54, 1.807) is 13.0 Å². The van der Waals surface area contributed by atoms with Crippen molar-refractivity contribution >= 4 is 28.8 Å². The summed E-state index contributed by atoms with van der Waals surface area (Å²) in [5.74, 6) is 0.167. The number of aryl methyl sites for hydroxylation is 1. The van der Waals surface area contributed by atoms with Crippen LogP contribution in [0.4, 0.5) is 0 Å². The monoisotopic (exact) mass is 428 g/mol. The van der Waals surface area contributed by atoms with Crippen LogP contribution in [-0.4, -0.2) is 20.7 Å². The van der Waals surface area contributed by atoms with E-state index in [4.69, 9.17) is 11.6 Å². The lowest BCUT2D eigenvalue weighted by Crippen LogP contribution is -2.36. The van der Waals surface area contributed by atoms with Crippen LogP contribution in [-0.2, 0) is 11.3 Å². The summed E-state index contributed by atoms with van der Waals surface area (Å²) >= 11 is 7.77. The number of carbonyl (C=O) groups excluding carboxylic acids is 1. The summed E-state index contributed by atoms with van der Waals surface area (Å²) in [5.41, 5.74) is 2.34. The fourth-order valence-corrected chi connectivity index (χ4v) is 4.41. The highest BCUT2D eigenvalue weighted by molar-refractivity contribution is 7.15. The van der Waals surface area contributed by atoms with Gasteiger partial charge in [-0.25, -0.2) is 9.67 Å². The lowest BCUT2D eigenvalue weighted by Gasteiger charge is -2.14. The van der Waals surface area contributed by atoms with Crippen LogP contribution in [0.15, 0.2) is 41.2 Å². The van der Waals surface area contributed by atoms with Gasteiger partial charge in [0.2, 0.25) is 5.91 Å². The van der Waals surface area contributed by atoms with E-state index in [9.17, 15) is 9.59 Å². The Morgan fingerprint density at radius 1 is 1.31 bits per heavy atom. The molecule has 4 rings (SSSR count). The topological polar surface area (TPSA) is 76.9 Å². The summed E-state index contributed by atoms with van der Waals surface area (Å²) in [5, 5.41) is 8.77. The zero-order valence-electron chi connectivity index (χ0n) is 16.2. The third-order valence-corrected chi connectivity index (χ3v) is 6.53. The van der Waals surface area contributed by atoms with Crippen LogP contribution in [0, 0.1) is 6.92 Å². The Morgan fingerprint density at radius 3 is 2.79 bits per heavy atom. The molecule has 1 unspecified atom stereocenters. The third-order valence-electron chi connectivity index (χ3n) is 5.01. The molecule has 1 N–H and O–H groups in total. The van der Waals surface area contributed by atoms with Gasteiger partial charge in [0.05, 0.1) is 23.0 Å². The number of hydrogen-bond acceptors (Lipinski definition) is 5. The lowest BCUT2D eigenvalue weighted by atomic mass is 10.2. The highest BCUT2D eigenvalue weighted by Crippen LogP contribution is 2.38. The first-order valence-corrected chi connectivity index (χ1v) is 10.7. The van der Waals surface area contributed by atoms with Crippen LogP contribution in [0.25, 0.3) is 10.6 Å². The quantitative estimate of drug-likeness (QED) is 0.641. The van der Waals surface area contributed by atoms with Crippen molar-refractivity contribution in [2.75, 3.05) is 0 Å². The van der Waals surface area contributed by atoms with E-state index >= 15 is 0 Å². The zero-order valence-corrected chi connectivity index (χ0v) is 17.8. The van der Waals surface area contributed by atoms with E-state index < -0.39 is 6.04 Å². The molecule has 0 aliphatic heterocycles. The van der Waals surface area contributed by atoms with Crippen LogP contribution in [0.3, 0.4) is 0 Å². The van der Waals surface area contributed by atoms with Gasteiger partial charge in [0.15, 0.2) is 0 Å². The first-order chi connectivity index (χ1) is 13.9. The molecule has 0 saturated heterocycles. The molecule has 1 aromatic carbocycles. The molecule has 1 amide bonds. The summed E-state index contributed by atoms with van der Waals surface area (Å²) in [7, 11) is 0. The zero-order chi connectivity index (χ0) is 20.5. The summed E-state index contributed by atoms with van der Waals surface area (Å²) < 4.78 is 1.28. The van der Waals surface area contributed by atoms with E-state index in [2.05, 4.69) is 15.4 Å². The van der Waals surface area contributed by atoms with E-state index in [1.807, 2.05) is 31.2 Å².